The van der Waals surface area contributed by atoms with Crippen LogP contribution in [0.3, 0.4) is 0 Å². The fourth-order valence-corrected chi connectivity index (χ4v) is 1.62. The van der Waals surface area contributed by atoms with Crippen LogP contribution in [0.4, 0.5) is 0 Å². The molecule has 1 aliphatic heterocycles. The van der Waals surface area contributed by atoms with Gasteiger partial charge >= 0.3 is 5.97 Å². The van der Waals surface area contributed by atoms with E-state index in [4.69, 9.17) is 9.47 Å². The van der Waals surface area contributed by atoms with Gasteiger partial charge in [-0.3, -0.25) is 9.78 Å². The van der Waals surface area contributed by atoms with Gasteiger partial charge in [0.05, 0.1) is 19.8 Å². The average Bonchev–Trinajstić information content (AvgIpc) is 2.18. The van der Waals surface area contributed by atoms with Crippen LogP contribution in [0.15, 0.2) is 24.5 Å². The van der Waals surface area contributed by atoms with E-state index in [1.807, 2.05) is 12.1 Å². The lowest BCUT2D eigenvalue weighted by molar-refractivity contribution is -0.169. The molecular formula is C11H13NO3. The minimum Gasteiger partial charge on any atom is -0.465 e. The summed E-state index contributed by atoms with van der Waals surface area (Å²) in [7, 11) is 0. The Hall–Kier alpha value is -1.42. The molecule has 0 radical (unpaired) electrons. The summed E-state index contributed by atoms with van der Waals surface area (Å²) in [5.74, 6) is -0.218. The predicted octanol–water partition coefficient (Wildman–Crippen LogP) is 0.913. The maximum Gasteiger partial charge on any atom is 0.321 e. The van der Waals surface area contributed by atoms with Gasteiger partial charge in [0.2, 0.25) is 0 Å². The van der Waals surface area contributed by atoms with Gasteiger partial charge in [-0.1, -0.05) is 6.07 Å². The van der Waals surface area contributed by atoms with Crippen molar-refractivity contribution in [2.75, 3.05) is 19.8 Å². The number of carbonyl (C=O) groups excluding carboxylic acids is 1. The van der Waals surface area contributed by atoms with E-state index in [1.54, 1.807) is 19.3 Å². The lowest BCUT2D eigenvalue weighted by atomic mass is 9.79. The predicted molar refractivity (Wildman–Crippen MR) is 53.4 cm³/mol. The summed E-state index contributed by atoms with van der Waals surface area (Å²) < 4.78 is 10.2. The molecule has 1 aromatic rings. The summed E-state index contributed by atoms with van der Waals surface area (Å²) in [4.78, 5) is 15.8. The first-order chi connectivity index (χ1) is 7.29. The molecule has 0 spiro atoms. The molecule has 0 unspecified atom stereocenters. The van der Waals surface area contributed by atoms with Crippen LogP contribution >= 0.6 is 0 Å². The van der Waals surface area contributed by atoms with Crippen LogP contribution in [-0.4, -0.2) is 30.8 Å². The van der Waals surface area contributed by atoms with E-state index in [0.29, 0.717) is 19.8 Å². The van der Waals surface area contributed by atoms with E-state index in [1.165, 1.54) is 0 Å². The van der Waals surface area contributed by atoms with Crippen molar-refractivity contribution < 1.29 is 14.3 Å². The minimum atomic E-state index is -0.621. The summed E-state index contributed by atoms with van der Waals surface area (Å²) in [6.45, 7) is 2.96. The van der Waals surface area contributed by atoms with Crippen molar-refractivity contribution in [2.45, 2.75) is 12.3 Å². The van der Waals surface area contributed by atoms with Crippen LogP contribution in [0.5, 0.6) is 0 Å². The highest BCUT2D eigenvalue weighted by molar-refractivity contribution is 5.84. The Kier molecular flexibility index (Phi) is 2.68. The monoisotopic (exact) mass is 207 g/mol. The number of hydrogen-bond acceptors (Lipinski definition) is 4. The second-order valence-electron chi connectivity index (χ2n) is 3.54. The third kappa shape index (κ3) is 1.61. The Morgan fingerprint density at radius 1 is 1.67 bits per heavy atom. The fourth-order valence-electron chi connectivity index (χ4n) is 1.62. The van der Waals surface area contributed by atoms with Gasteiger partial charge in [-0.05, 0) is 18.6 Å². The molecule has 1 aromatic heterocycles. The maximum absolute atomic E-state index is 11.8. The fraction of sp³-hybridized carbons (Fsp3) is 0.455. The van der Waals surface area contributed by atoms with Crippen LogP contribution in [0, 0.1) is 0 Å². The van der Waals surface area contributed by atoms with Crippen molar-refractivity contribution >= 4 is 5.97 Å². The molecule has 0 N–H and O–H groups in total. The lowest BCUT2D eigenvalue weighted by Crippen LogP contribution is -2.53. The second kappa shape index (κ2) is 3.98. The highest BCUT2D eigenvalue weighted by Crippen LogP contribution is 2.33. The Morgan fingerprint density at radius 3 is 2.93 bits per heavy atom. The zero-order valence-corrected chi connectivity index (χ0v) is 8.60. The van der Waals surface area contributed by atoms with Crippen LogP contribution < -0.4 is 0 Å². The third-order valence-electron chi connectivity index (χ3n) is 2.58. The van der Waals surface area contributed by atoms with Crippen LogP contribution in [0.1, 0.15) is 12.5 Å². The van der Waals surface area contributed by atoms with E-state index in [0.717, 1.165) is 5.56 Å². The molecule has 80 valence electrons. The molecule has 0 aliphatic carbocycles. The normalized spacial score (nSPS) is 17.9. The number of nitrogens with zero attached hydrogens (tertiary/aromatic N) is 1. The highest BCUT2D eigenvalue weighted by Gasteiger charge is 2.49. The molecule has 4 heteroatoms. The number of aromatic nitrogens is 1. The van der Waals surface area contributed by atoms with Gasteiger partial charge < -0.3 is 9.47 Å². The van der Waals surface area contributed by atoms with E-state index >= 15 is 0 Å². The van der Waals surface area contributed by atoms with Crippen molar-refractivity contribution in [3.05, 3.63) is 30.1 Å². The first-order valence-electron chi connectivity index (χ1n) is 4.95. The highest BCUT2D eigenvalue weighted by atomic mass is 16.6. The SMILES string of the molecule is CCOC(=O)C1(c2cccnc2)COC1. The van der Waals surface area contributed by atoms with Gasteiger partial charge in [0, 0.05) is 12.4 Å². The third-order valence-corrected chi connectivity index (χ3v) is 2.58. The van der Waals surface area contributed by atoms with Crippen molar-refractivity contribution in [3.63, 3.8) is 0 Å². The number of esters is 1. The van der Waals surface area contributed by atoms with Gasteiger partial charge in [0.25, 0.3) is 0 Å². The van der Waals surface area contributed by atoms with E-state index in [9.17, 15) is 4.79 Å². The summed E-state index contributed by atoms with van der Waals surface area (Å²) in [6, 6.07) is 3.70. The average molecular weight is 207 g/mol. The molecule has 15 heavy (non-hydrogen) atoms. The molecular weight excluding hydrogens is 194 g/mol. The van der Waals surface area contributed by atoms with Gasteiger partial charge in [0.15, 0.2) is 0 Å². The van der Waals surface area contributed by atoms with Crippen molar-refractivity contribution in [1.82, 2.24) is 4.98 Å². The molecule has 1 aliphatic rings. The number of ether oxygens (including phenoxy) is 2. The first-order valence-corrected chi connectivity index (χ1v) is 4.95. The van der Waals surface area contributed by atoms with Crippen LogP contribution in [0.25, 0.3) is 0 Å². The summed E-state index contributed by atoms with van der Waals surface area (Å²) in [5.41, 5.74) is 0.249. The molecule has 0 aromatic carbocycles. The number of rotatable bonds is 3. The van der Waals surface area contributed by atoms with Crippen LogP contribution in [0.2, 0.25) is 0 Å². The largest absolute Gasteiger partial charge is 0.465 e. The smallest absolute Gasteiger partial charge is 0.321 e. The Labute approximate surface area is 88.2 Å². The molecule has 0 amide bonds. The number of hydrogen-bond donors (Lipinski definition) is 0. The molecule has 2 heterocycles. The molecule has 1 fully saturated rings. The van der Waals surface area contributed by atoms with Crippen molar-refractivity contribution in [2.24, 2.45) is 0 Å². The Balaban J connectivity index is 2.26. The first kappa shape index (κ1) is 10.1. The molecule has 4 nitrogen and oxygen atoms in total. The van der Waals surface area contributed by atoms with Gasteiger partial charge in [0.1, 0.15) is 5.41 Å². The Morgan fingerprint density at radius 2 is 2.47 bits per heavy atom. The molecule has 0 atom stereocenters. The van der Waals surface area contributed by atoms with E-state index in [-0.39, 0.29) is 5.97 Å². The molecule has 2 rings (SSSR count). The van der Waals surface area contributed by atoms with Crippen molar-refractivity contribution in [1.29, 1.82) is 0 Å². The van der Waals surface area contributed by atoms with E-state index in [2.05, 4.69) is 4.98 Å². The standard InChI is InChI=1S/C11H13NO3/c1-2-15-10(13)11(7-14-8-11)9-4-3-5-12-6-9/h3-6H,2,7-8H2,1H3. The summed E-state index contributed by atoms with van der Waals surface area (Å²) in [5, 5.41) is 0. The quantitative estimate of drug-likeness (QED) is 0.691. The molecule has 0 saturated carbocycles. The maximum atomic E-state index is 11.8. The second-order valence-corrected chi connectivity index (χ2v) is 3.54. The topological polar surface area (TPSA) is 48.4 Å². The zero-order chi connectivity index (χ0) is 10.7. The Bertz CT molecular complexity index is 346. The number of carbonyl (C=O) groups is 1. The minimum absolute atomic E-state index is 0.218. The van der Waals surface area contributed by atoms with Gasteiger partial charge in [-0.2, -0.15) is 0 Å². The summed E-state index contributed by atoms with van der Waals surface area (Å²) >= 11 is 0. The van der Waals surface area contributed by atoms with Gasteiger partial charge in [-0.15, -0.1) is 0 Å². The molecule has 1 saturated heterocycles. The lowest BCUT2D eigenvalue weighted by Gasteiger charge is -2.38. The summed E-state index contributed by atoms with van der Waals surface area (Å²) in [6.07, 6.45) is 3.38. The van der Waals surface area contributed by atoms with E-state index < -0.39 is 5.41 Å². The van der Waals surface area contributed by atoms with Crippen LogP contribution in [-0.2, 0) is 19.7 Å². The van der Waals surface area contributed by atoms with Crippen molar-refractivity contribution in [3.8, 4) is 0 Å². The number of pyridine rings is 1. The molecule has 0 bridgehead atoms. The van der Waals surface area contributed by atoms with Gasteiger partial charge in [-0.25, -0.2) is 0 Å². The zero-order valence-electron chi connectivity index (χ0n) is 8.60.